The Morgan fingerprint density at radius 3 is 2.67 bits per heavy atom. The van der Waals surface area contributed by atoms with Crippen molar-refractivity contribution < 1.29 is 9.84 Å². The van der Waals surface area contributed by atoms with E-state index in [0.29, 0.717) is 0 Å². The molecule has 0 aliphatic carbocycles. The third kappa shape index (κ3) is 4.12. The van der Waals surface area contributed by atoms with E-state index in [1.54, 1.807) is 13.3 Å². The number of fused-ring (bicyclic) bond motifs is 1. The molecule has 1 N–H and O–H groups in total. The SMILES string of the molecule is COc1ccc(CCCCC(O)c2ccc3cccnc3c2)cc1. The first-order valence-electron chi connectivity index (χ1n) is 8.42. The lowest BCUT2D eigenvalue weighted by atomic mass is 10.00. The number of ether oxygens (including phenoxy) is 1. The lowest BCUT2D eigenvalue weighted by Gasteiger charge is -2.11. The predicted molar refractivity (Wildman–Crippen MR) is 97.3 cm³/mol. The van der Waals surface area contributed by atoms with Crippen LogP contribution in [0.15, 0.2) is 60.8 Å². The predicted octanol–water partition coefficient (Wildman–Crippen LogP) is 4.69. The molecule has 0 amide bonds. The average molecular weight is 321 g/mol. The van der Waals surface area contributed by atoms with Crippen LogP contribution in [0.5, 0.6) is 5.75 Å². The maximum absolute atomic E-state index is 10.4. The summed E-state index contributed by atoms with van der Waals surface area (Å²) in [7, 11) is 1.68. The molecule has 0 saturated heterocycles. The van der Waals surface area contributed by atoms with Gasteiger partial charge in [-0.2, -0.15) is 0 Å². The van der Waals surface area contributed by atoms with Crippen LogP contribution >= 0.6 is 0 Å². The van der Waals surface area contributed by atoms with Crippen molar-refractivity contribution in [2.24, 2.45) is 0 Å². The van der Waals surface area contributed by atoms with Gasteiger partial charge in [-0.3, -0.25) is 4.98 Å². The number of aliphatic hydroxyl groups is 1. The zero-order valence-corrected chi connectivity index (χ0v) is 14.0. The molecule has 0 aliphatic heterocycles. The summed E-state index contributed by atoms with van der Waals surface area (Å²) in [6.07, 6.45) is 5.22. The van der Waals surface area contributed by atoms with Crippen molar-refractivity contribution in [2.45, 2.75) is 31.8 Å². The fraction of sp³-hybridized carbons (Fsp3) is 0.286. The number of nitrogens with zero attached hydrogens (tertiary/aromatic N) is 1. The van der Waals surface area contributed by atoms with Gasteiger partial charge in [-0.05, 0) is 54.7 Å². The summed E-state index contributed by atoms with van der Waals surface area (Å²) < 4.78 is 5.17. The standard InChI is InChI=1S/C21H23NO2/c1-24-19-12-8-16(9-13-19)5-2-3-7-21(23)18-11-10-17-6-4-14-22-20(17)15-18/h4,6,8-15,21,23H,2-3,5,7H2,1H3. The first-order chi connectivity index (χ1) is 11.8. The number of hydrogen-bond acceptors (Lipinski definition) is 3. The first-order valence-corrected chi connectivity index (χ1v) is 8.42. The summed E-state index contributed by atoms with van der Waals surface area (Å²) in [6, 6.07) is 18.2. The van der Waals surface area contributed by atoms with Gasteiger partial charge < -0.3 is 9.84 Å². The highest BCUT2D eigenvalue weighted by Gasteiger charge is 2.08. The largest absolute Gasteiger partial charge is 0.497 e. The lowest BCUT2D eigenvalue weighted by Crippen LogP contribution is -1.98. The van der Waals surface area contributed by atoms with Crippen LogP contribution in [0.4, 0.5) is 0 Å². The molecule has 0 radical (unpaired) electrons. The van der Waals surface area contributed by atoms with Crippen LogP contribution in [-0.2, 0) is 6.42 Å². The number of pyridine rings is 1. The van der Waals surface area contributed by atoms with E-state index in [1.165, 1.54) is 5.56 Å². The third-order valence-electron chi connectivity index (χ3n) is 4.37. The maximum Gasteiger partial charge on any atom is 0.118 e. The fourth-order valence-electron chi connectivity index (χ4n) is 2.92. The van der Waals surface area contributed by atoms with Gasteiger partial charge in [0.1, 0.15) is 5.75 Å². The van der Waals surface area contributed by atoms with Crippen molar-refractivity contribution in [3.05, 3.63) is 71.9 Å². The van der Waals surface area contributed by atoms with Gasteiger partial charge in [-0.1, -0.05) is 36.8 Å². The summed E-state index contributed by atoms with van der Waals surface area (Å²) in [5.41, 5.74) is 3.19. The number of hydrogen-bond donors (Lipinski definition) is 1. The van der Waals surface area contributed by atoms with Gasteiger partial charge in [0.2, 0.25) is 0 Å². The number of benzene rings is 2. The van der Waals surface area contributed by atoms with Crippen LogP contribution in [0.2, 0.25) is 0 Å². The van der Waals surface area contributed by atoms with Gasteiger partial charge in [0.25, 0.3) is 0 Å². The number of aliphatic hydroxyl groups excluding tert-OH is 1. The van der Waals surface area contributed by atoms with Crippen LogP contribution in [-0.4, -0.2) is 17.2 Å². The summed E-state index contributed by atoms with van der Waals surface area (Å²) >= 11 is 0. The number of rotatable bonds is 7. The second kappa shape index (κ2) is 7.93. The van der Waals surface area contributed by atoms with Crippen molar-refractivity contribution >= 4 is 10.9 Å². The highest BCUT2D eigenvalue weighted by atomic mass is 16.5. The van der Waals surface area contributed by atoms with Crippen LogP contribution in [0.25, 0.3) is 10.9 Å². The Bertz CT molecular complexity index is 783. The summed E-state index contributed by atoms with van der Waals surface area (Å²) in [5.74, 6) is 0.888. The molecule has 1 atom stereocenters. The van der Waals surface area contributed by atoms with Gasteiger partial charge in [0, 0.05) is 11.6 Å². The molecule has 3 rings (SSSR count). The molecular weight excluding hydrogens is 298 g/mol. The average Bonchev–Trinajstić information content (AvgIpc) is 2.65. The second-order valence-electron chi connectivity index (χ2n) is 6.07. The van der Waals surface area contributed by atoms with Crippen molar-refractivity contribution in [1.29, 1.82) is 0 Å². The summed E-state index contributed by atoms with van der Waals surface area (Å²) in [4.78, 5) is 4.35. The van der Waals surface area contributed by atoms with Gasteiger partial charge in [-0.25, -0.2) is 0 Å². The number of aryl methyl sites for hydroxylation is 1. The van der Waals surface area contributed by atoms with E-state index in [1.807, 2.05) is 42.5 Å². The van der Waals surface area contributed by atoms with E-state index in [2.05, 4.69) is 17.1 Å². The Morgan fingerprint density at radius 2 is 1.88 bits per heavy atom. The lowest BCUT2D eigenvalue weighted by molar-refractivity contribution is 0.164. The van der Waals surface area contributed by atoms with Crippen molar-refractivity contribution in [3.63, 3.8) is 0 Å². The molecule has 0 fully saturated rings. The molecule has 3 nitrogen and oxygen atoms in total. The molecule has 124 valence electrons. The van der Waals surface area contributed by atoms with Crippen LogP contribution in [0.1, 0.15) is 36.5 Å². The topological polar surface area (TPSA) is 42.4 Å². The van der Waals surface area contributed by atoms with Crippen LogP contribution < -0.4 is 4.74 Å². The van der Waals surface area contributed by atoms with Gasteiger partial charge in [0.15, 0.2) is 0 Å². The third-order valence-corrected chi connectivity index (χ3v) is 4.37. The Morgan fingerprint density at radius 1 is 1.04 bits per heavy atom. The van der Waals surface area contributed by atoms with E-state index in [-0.39, 0.29) is 0 Å². The van der Waals surface area contributed by atoms with E-state index in [9.17, 15) is 5.11 Å². The molecule has 2 aromatic carbocycles. The molecule has 24 heavy (non-hydrogen) atoms. The smallest absolute Gasteiger partial charge is 0.118 e. The molecule has 3 heteroatoms. The van der Waals surface area contributed by atoms with Crippen LogP contribution in [0, 0.1) is 0 Å². The number of methoxy groups -OCH3 is 1. The van der Waals surface area contributed by atoms with E-state index < -0.39 is 6.10 Å². The minimum Gasteiger partial charge on any atom is -0.497 e. The maximum atomic E-state index is 10.4. The Balaban J connectivity index is 1.49. The molecular formula is C21H23NO2. The zero-order valence-electron chi connectivity index (χ0n) is 14.0. The molecule has 0 spiro atoms. The summed E-state index contributed by atoms with van der Waals surface area (Å²) in [6.45, 7) is 0. The van der Waals surface area contributed by atoms with Gasteiger partial charge in [0.05, 0.1) is 18.7 Å². The van der Waals surface area contributed by atoms with E-state index >= 15 is 0 Å². The van der Waals surface area contributed by atoms with E-state index in [0.717, 1.165) is 47.9 Å². The molecule has 1 heterocycles. The molecule has 0 aliphatic rings. The Hall–Kier alpha value is -2.39. The minimum atomic E-state index is -0.424. The highest BCUT2D eigenvalue weighted by Crippen LogP contribution is 2.23. The first kappa shape index (κ1) is 16.5. The Labute approximate surface area is 142 Å². The van der Waals surface area contributed by atoms with Crippen molar-refractivity contribution in [2.75, 3.05) is 7.11 Å². The van der Waals surface area contributed by atoms with E-state index in [4.69, 9.17) is 4.74 Å². The van der Waals surface area contributed by atoms with Crippen LogP contribution in [0.3, 0.4) is 0 Å². The monoisotopic (exact) mass is 321 g/mol. The van der Waals surface area contributed by atoms with Crippen molar-refractivity contribution in [3.8, 4) is 5.75 Å². The molecule has 0 saturated carbocycles. The normalized spacial score (nSPS) is 12.2. The molecule has 1 unspecified atom stereocenters. The molecule has 0 bridgehead atoms. The zero-order chi connectivity index (χ0) is 16.8. The summed E-state index contributed by atoms with van der Waals surface area (Å²) in [5, 5.41) is 11.5. The quantitative estimate of drug-likeness (QED) is 0.642. The molecule has 3 aromatic rings. The van der Waals surface area contributed by atoms with Gasteiger partial charge in [-0.15, -0.1) is 0 Å². The Kier molecular flexibility index (Phi) is 5.44. The number of aromatic nitrogens is 1. The van der Waals surface area contributed by atoms with Crippen molar-refractivity contribution in [1.82, 2.24) is 4.98 Å². The number of unbranched alkanes of at least 4 members (excludes halogenated alkanes) is 1. The van der Waals surface area contributed by atoms with Gasteiger partial charge >= 0.3 is 0 Å². The second-order valence-corrected chi connectivity index (χ2v) is 6.07. The highest BCUT2D eigenvalue weighted by molar-refractivity contribution is 5.78. The fourth-order valence-corrected chi connectivity index (χ4v) is 2.92. The molecule has 1 aromatic heterocycles. The minimum absolute atomic E-state index is 0.424.